The molecule has 1 amide bonds. The molecule has 0 N–H and O–H groups in total. The smallest absolute Gasteiger partial charge is 0.270 e. The fourth-order valence-corrected chi connectivity index (χ4v) is 3.78. The minimum absolute atomic E-state index is 0.0273. The van der Waals surface area contributed by atoms with Crippen molar-refractivity contribution in [3.8, 4) is 0 Å². The summed E-state index contributed by atoms with van der Waals surface area (Å²) < 4.78 is 22.2. The molecule has 4 nitrogen and oxygen atoms in total. The van der Waals surface area contributed by atoms with Gasteiger partial charge in [-0.3, -0.25) is 4.79 Å². The van der Waals surface area contributed by atoms with E-state index in [2.05, 4.69) is 0 Å². The van der Waals surface area contributed by atoms with Crippen LogP contribution < -0.4 is 0 Å². The van der Waals surface area contributed by atoms with Gasteiger partial charge in [-0.15, -0.1) is 11.3 Å². The molecule has 1 saturated heterocycles. The van der Waals surface area contributed by atoms with Gasteiger partial charge in [-0.05, 0) is 25.3 Å². The number of carbonyl (C=O) groups is 1. The number of hydrogen-bond acceptors (Lipinski definition) is 4. The third-order valence-corrected chi connectivity index (χ3v) is 5.75. The van der Waals surface area contributed by atoms with Gasteiger partial charge in [0.15, 0.2) is 0 Å². The molecule has 1 fully saturated rings. The topological polar surface area (TPSA) is 54.5 Å². The predicted molar refractivity (Wildman–Crippen MR) is 67.1 cm³/mol. The highest BCUT2D eigenvalue weighted by Crippen LogP contribution is 2.25. The van der Waals surface area contributed by atoms with Crippen LogP contribution in [0.4, 0.5) is 0 Å². The molecule has 0 unspecified atom stereocenters. The minimum Gasteiger partial charge on any atom is -0.339 e. The highest BCUT2D eigenvalue weighted by molar-refractivity contribution is 8.15. The molecule has 0 saturated carbocycles. The number of hydrogen-bond donors (Lipinski definition) is 0. The number of halogens is 1. The molecule has 1 aromatic rings. The molecule has 7 heteroatoms. The summed E-state index contributed by atoms with van der Waals surface area (Å²) in [6, 6.07) is 1.35. The molecule has 2 rings (SSSR count). The summed E-state index contributed by atoms with van der Waals surface area (Å²) in [6.45, 7) is 1.50. The van der Waals surface area contributed by atoms with E-state index in [1.54, 1.807) is 10.3 Å². The van der Waals surface area contributed by atoms with E-state index in [1.165, 1.54) is 6.07 Å². The molecule has 1 aromatic heterocycles. The van der Waals surface area contributed by atoms with E-state index in [1.807, 2.05) is 0 Å². The molecule has 0 atom stereocenters. The summed E-state index contributed by atoms with van der Waals surface area (Å²) in [6.07, 6.45) is 3.17. The molecule has 0 bridgehead atoms. The van der Waals surface area contributed by atoms with E-state index in [-0.39, 0.29) is 10.1 Å². The normalized spacial score (nSPS) is 17.1. The van der Waals surface area contributed by atoms with Crippen molar-refractivity contribution in [1.29, 1.82) is 0 Å². The lowest BCUT2D eigenvalue weighted by Gasteiger charge is -2.26. The predicted octanol–water partition coefficient (Wildman–Crippen LogP) is 2.30. The molecule has 0 aliphatic carbocycles. The lowest BCUT2D eigenvalue weighted by Crippen LogP contribution is -2.35. The third kappa shape index (κ3) is 3.00. The van der Waals surface area contributed by atoms with Gasteiger partial charge >= 0.3 is 0 Å². The minimum atomic E-state index is -3.73. The number of amides is 1. The molecule has 17 heavy (non-hydrogen) atoms. The van der Waals surface area contributed by atoms with Crippen LogP contribution in [0, 0.1) is 0 Å². The first kappa shape index (κ1) is 12.9. The van der Waals surface area contributed by atoms with Crippen molar-refractivity contribution < 1.29 is 13.2 Å². The molecular formula is C10H12ClNO3S2. The molecule has 2 heterocycles. The Morgan fingerprint density at radius 2 is 1.94 bits per heavy atom. The first-order valence-electron chi connectivity index (χ1n) is 5.31. The average molecular weight is 294 g/mol. The van der Waals surface area contributed by atoms with Crippen molar-refractivity contribution in [1.82, 2.24) is 4.90 Å². The van der Waals surface area contributed by atoms with Crippen LogP contribution in [0.5, 0.6) is 0 Å². The Hall–Kier alpha value is -0.590. The zero-order valence-electron chi connectivity index (χ0n) is 9.06. The largest absolute Gasteiger partial charge is 0.339 e. The van der Waals surface area contributed by atoms with Crippen molar-refractivity contribution in [2.24, 2.45) is 0 Å². The number of likely N-dealkylation sites (tertiary alicyclic amines) is 1. The fourth-order valence-electron chi connectivity index (χ4n) is 1.84. The van der Waals surface area contributed by atoms with Gasteiger partial charge < -0.3 is 4.90 Å². The second kappa shape index (κ2) is 4.96. The van der Waals surface area contributed by atoms with Gasteiger partial charge in [-0.2, -0.15) is 0 Å². The van der Waals surface area contributed by atoms with Crippen molar-refractivity contribution >= 4 is 37.0 Å². The van der Waals surface area contributed by atoms with Gasteiger partial charge in [0.2, 0.25) is 0 Å². The SMILES string of the molecule is O=C(c1csc(S(=O)(=O)Cl)c1)N1CCCCC1. The van der Waals surface area contributed by atoms with Crippen LogP contribution in [0.25, 0.3) is 0 Å². The zero-order chi connectivity index (χ0) is 12.5. The monoisotopic (exact) mass is 293 g/mol. The van der Waals surface area contributed by atoms with Crippen LogP contribution in [0.1, 0.15) is 29.6 Å². The van der Waals surface area contributed by atoms with Gasteiger partial charge in [0.05, 0.1) is 5.56 Å². The number of carbonyl (C=O) groups excluding carboxylic acids is 1. The summed E-state index contributed by atoms with van der Waals surface area (Å²) in [5.41, 5.74) is 0.413. The van der Waals surface area contributed by atoms with Crippen molar-refractivity contribution in [3.63, 3.8) is 0 Å². The Bertz CT molecular complexity index is 517. The molecule has 1 aliphatic heterocycles. The summed E-state index contributed by atoms with van der Waals surface area (Å²) in [7, 11) is 1.49. The molecule has 0 aromatic carbocycles. The van der Waals surface area contributed by atoms with Gasteiger partial charge in [0, 0.05) is 29.2 Å². The van der Waals surface area contributed by atoms with Crippen LogP contribution >= 0.6 is 22.0 Å². The van der Waals surface area contributed by atoms with Crippen molar-refractivity contribution in [2.45, 2.75) is 23.5 Å². The lowest BCUT2D eigenvalue weighted by atomic mass is 10.1. The van der Waals surface area contributed by atoms with Gasteiger partial charge in [0.25, 0.3) is 15.0 Å². The zero-order valence-corrected chi connectivity index (χ0v) is 11.4. The Balaban J connectivity index is 2.17. The van der Waals surface area contributed by atoms with Crippen LogP contribution in [0.3, 0.4) is 0 Å². The van der Waals surface area contributed by atoms with E-state index >= 15 is 0 Å². The highest BCUT2D eigenvalue weighted by Gasteiger charge is 2.21. The summed E-state index contributed by atoms with van der Waals surface area (Å²) in [4.78, 5) is 13.8. The van der Waals surface area contributed by atoms with E-state index in [4.69, 9.17) is 10.7 Å². The maximum Gasteiger partial charge on any atom is 0.270 e. The number of thiophene rings is 1. The lowest BCUT2D eigenvalue weighted by molar-refractivity contribution is 0.0725. The van der Waals surface area contributed by atoms with Gasteiger partial charge in [0.1, 0.15) is 4.21 Å². The number of nitrogens with zero attached hydrogens (tertiary/aromatic N) is 1. The maximum atomic E-state index is 12.0. The Labute approximate surface area is 109 Å². The number of rotatable bonds is 2. The Morgan fingerprint density at radius 3 is 2.47 bits per heavy atom. The van der Waals surface area contributed by atoms with Crippen molar-refractivity contribution in [3.05, 3.63) is 17.0 Å². The van der Waals surface area contributed by atoms with Crippen LogP contribution in [-0.2, 0) is 9.05 Å². The van der Waals surface area contributed by atoms with Crippen molar-refractivity contribution in [2.75, 3.05) is 13.1 Å². The standard InChI is InChI=1S/C10H12ClNO3S2/c11-17(14,15)9-6-8(7-16-9)10(13)12-4-2-1-3-5-12/h6-7H,1-5H2. The first-order chi connectivity index (χ1) is 7.98. The van der Waals surface area contributed by atoms with E-state index in [9.17, 15) is 13.2 Å². The van der Waals surface area contributed by atoms with Crippen LogP contribution in [0.15, 0.2) is 15.7 Å². The molecule has 0 radical (unpaired) electrons. The molecular weight excluding hydrogens is 282 g/mol. The highest BCUT2D eigenvalue weighted by atomic mass is 35.7. The van der Waals surface area contributed by atoms with Gasteiger partial charge in [-0.25, -0.2) is 8.42 Å². The quantitative estimate of drug-likeness (QED) is 0.786. The Kier molecular flexibility index (Phi) is 3.75. The van der Waals surface area contributed by atoms with Gasteiger partial charge in [-0.1, -0.05) is 0 Å². The van der Waals surface area contributed by atoms with Crippen LogP contribution in [-0.4, -0.2) is 32.3 Å². The van der Waals surface area contributed by atoms with E-state index in [0.29, 0.717) is 5.56 Å². The number of piperidine rings is 1. The van der Waals surface area contributed by atoms with E-state index in [0.717, 1.165) is 43.7 Å². The molecule has 0 spiro atoms. The first-order valence-corrected chi connectivity index (χ1v) is 8.50. The molecule has 1 aliphatic rings. The third-order valence-electron chi connectivity index (χ3n) is 2.71. The fraction of sp³-hybridized carbons (Fsp3) is 0.500. The molecule has 94 valence electrons. The summed E-state index contributed by atoms with van der Waals surface area (Å²) >= 11 is 0.981. The Morgan fingerprint density at radius 1 is 1.29 bits per heavy atom. The van der Waals surface area contributed by atoms with Crippen LogP contribution in [0.2, 0.25) is 0 Å². The second-order valence-corrected chi connectivity index (χ2v) is 7.65. The average Bonchev–Trinajstić information content (AvgIpc) is 2.78. The second-order valence-electron chi connectivity index (χ2n) is 3.95. The van der Waals surface area contributed by atoms with E-state index < -0.39 is 9.05 Å². The summed E-state index contributed by atoms with van der Waals surface area (Å²) in [5.74, 6) is -0.104. The maximum absolute atomic E-state index is 12.0. The summed E-state index contributed by atoms with van der Waals surface area (Å²) in [5, 5.41) is 1.55.